The number of ether oxygens (including phenoxy) is 1. The van der Waals surface area contributed by atoms with Crippen molar-refractivity contribution >= 4 is 11.9 Å². The lowest BCUT2D eigenvalue weighted by Crippen LogP contribution is -2.35. The second kappa shape index (κ2) is 7.19. The second-order valence-corrected chi connectivity index (χ2v) is 7.71. The number of aromatic hydroxyl groups is 2. The van der Waals surface area contributed by atoms with Gasteiger partial charge in [-0.1, -0.05) is 48.1 Å². The normalized spacial score (nSPS) is 23.5. The SMILES string of the molecule is CC1=CC2c3c(O)cc(O)c(C(=O)C=Cc4ccccc4)c3OC(C)C2CC1. The van der Waals surface area contributed by atoms with Gasteiger partial charge in [-0.05, 0) is 38.3 Å². The van der Waals surface area contributed by atoms with E-state index >= 15 is 0 Å². The van der Waals surface area contributed by atoms with E-state index in [4.69, 9.17) is 4.74 Å². The molecule has 1 heterocycles. The van der Waals surface area contributed by atoms with Gasteiger partial charge >= 0.3 is 0 Å². The largest absolute Gasteiger partial charge is 0.507 e. The molecule has 3 atom stereocenters. The number of fused-ring (bicyclic) bond motifs is 3. The van der Waals surface area contributed by atoms with Crippen LogP contribution in [0.25, 0.3) is 6.08 Å². The van der Waals surface area contributed by atoms with Crippen LogP contribution in [0.5, 0.6) is 17.2 Å². The van der Waals surface area contributed by atoms with Gasteiger partial charge in [0, 0.05) is 23.5 Å². The lowest BCUT2D eigenvalue weighted by molar-refractivity contribution is 0.0965. The van der Waals surface area contributed by atoms with Gasteiger partial charge in [-0.15, -0.1) is 0 Å². The maximum absolute atomic E-state index is 12.9. The Bertz CT molecular complexity index is 972. The van der Waals surface area contributed by atoms with E-state index in [0.717, 1.165) is 18.4 Å². The summed E-state index contributed by atoms with van der Waals surface area (Å²) in [5, 5.41) is 21.0. The Morgan fingerprint density at radius 2 is 1.93 bits per heavy atom. The Labute approximate surface area is 164 Å². The number of hydrogen-bond donors (Lipinski definition) is 2. The standard InChI is InChI=1S/C24H24O4/c1-14-8-10-17-15(2)28-24-22(18(17)12-14)20(26)13-21(27)23(24)19(25)11-9-16-6-4-3-5-7-16/h3-7,9,11-13,15,17-18,26-27H,8,10H2,1-2H3. The minimum atomic E-state index is -0.347. The molecule has 2 aromatic carbocycles. The number of hydrogen-bond acceptors (Lipinski definition) is 4. The first-order chi connectivity index (χ1) is 13.5. The molecule has 1 aliphatic carbocycles. The van der Waals surface area contributed by atoms with Crippen molar-refractivity contribution in [3.63, 3.8) is 0 Å². The Kier molecular flexibility index (Phi) is 4.71. The van der Waals surface area contributed by atoms with Gasteiger partial charge in [0.1, 0.15) is 22.8 Å². The second-order valence-electron chi connectivity index (χ2n) is 7.71. The van der Waals surface area contributed by atoms with E-state index in [-0.39, 0.29) is 40.8 Å². The van der Waals surface area contributed by atoms with E-state index in [1.807, 2.05) is 37.3 Å². The number of phenols is 2. The molecule has 0 radical (unpaired) electrons. The summed E-state index contributed by atoms with van der Waals surface area (Å²) in [6.07, 6.45) is 7.19. The van der Waals surface area contributed by atoms with Crippen LogP contribution in [0.15, 0.2) is 54.1 Å². The van der Waals surface area contributed by atoms with Crippen LogP contribution >= 0.6 is 0 Å². The Hall–Kier alpha value is -3.01. The van der Waals surface area contributed by atoms with Crippen molar-refractivity contribution in [2.24, 2.45) is 5.92 Å². The highest BCUT2D eigenvalue weighted by molar-refractivity contribution is 6.11. The van der Waals surface area contributed by atoms with Crippen LogP contribution in [-0.4, -0.2) is 22.1 Å². The van der Waals surface area contributed by atoms with Crippen LogP contribution in [0.3, 0.4) is 0 Å². The number of carbonyl (C=O) groups excluding carboxylic acids is 1. The monoisotopic (exact) mass is 376 g/mol. The lowest BCUT2D eigenvalue weighted by Gasteiger charge is -2.40. The van der Waals surface area contributed by atoms with Gasteiger partial charge in [-0.3, -0.25) is 4.79 Å². The molecule has 1 aliphatic heterocycles. The third-order valence-electron chi connectivity index (χ3n) is 5.79. The summed E-state index contributed by atoms with van der Waals surface area (Å²) in [6.45, 7) is 4.08. The summed E-state index contributed by atoms with van der Waals surface area (Å²) < 4.78 is 6.10. The van der Waals surface area contributed by atoms with Crippen molar-refractivity contribution in [2.75, 3.05) is 0 Å². The van der Waals surface area contributed by atoms with Crippen LogP contribution in [0.4, 0.5) is 0 Å². The molecule has 0 saturated carbocycles. The number of benzene rings is 2. The van der Waals surface area contributed by atoms with E-state index < -0.39 is 0 Å². The summed E-state index contributed by atoms with van der Waals surface area (Å²) in [5.74, 6) is -0.100. The van der Waals surface area contributed by atoms with E-state index in [1.165, 1.54) is 17.7 Å². The zero-order valence-corrected chi connectivity index (χ0v) is 16.1. The van der Waals surface area contributed by atoms with Crippen molar-refractivity contribution in [2.45, 2.75) is 38.7 Å². The van der Waals surface area contributed by atoms with Crippen molar-refractivity contribution < 1.29 is 19.7 Å². The van der Waals surface area contributed by atoms with Gasteiger partial charge in [0.2, 0.25) is 0 Å². The van der Waals surface area contributed by atoms with Crippen molar-refractivity contribution in [1.29, 1.82) is 0 Å². The number of rotatable bonds is 3. The van der Waals surface area contributed by atoms with Gasteiger partial charge in [0.05, 0.1) is 6.10 Å². The van der Waals surface area contributed by atoms with Gasteiger partial charge in [-0.25, -0.2) is 0 Å². The van der Waals surface area contributed by atoms with Crippen LogP contribution in [0.2, 0.25) is 0 Å². The van der Waals surface area contributed by atoms with Gasteiger partial charge < -0.3 is 14.9 Å². The molecule has 0 amide bonds. The Morgan fingerprint density at radius 1 is 1.18 bits per heavy atom. The quantitative estimate of drug-likeness (QED) is 0.438. The zero-order valence-electron chi connectivity index (χ0n) is 16.1. The van der Waals surface area contributed by atoms with Crippen molar-refractivity contribution in [1.82, 2.24) is 0 Å². The first-order valence-electron chi connectivity index (χ1n) is 9.66. The molecule has 0 aromatic heterocycles. The number of carbonyl (C=O) groups is 1. The molecule has 4 heteroatoms. The van der Waals surface area contributed by atoms with Gasteiger partial charge in [0.15, 0.2) is 5.78 Å². The fourth-order valence-electron chi connectivity index (χ4n) is 4.33. The zero-order chi connectivity index (χ0) is 19.8. The molecule has 4 rings (SSSR count). The minimum Gasteiger partial charge on any atom is -0.507 e. The molecule has 28 heavy (non-hydrogen) atoms. The fourth-order valence-corrected chi connectivity index (χ4v) is 4.33. The smallest absolute Gasteiger partial charge is 0.193 e. The molecule has 0 saturated heterocycles. The highest BCUT2D eigenvalue weighted by atomic mass is 16.5. The average molecular weight is 376 g/mol. The lowest BCUT2D eigenvalue weighted by atomic mass is 9.72. The molecule has 144 valence electrons. The predicted molar refractivity (Wildman–Crippen MR) is 109 cm³/mol. The van der Waals surface area contributed by atoms with Gasteiger partial charge in [-0.2, -0.15) is 0 Å². The Balaban J connectivity index is 1.80. The number of ketones is 1. The molecular weight excluding hydrogens is 352 g/mol. The molecule has 2 aromatic rings. The van der Waals surface area contributed by atoms with Gasteiger partial charge in [0.25, 0.3) is 0 Å². The summed E-state index contributed by atoms with van der Waals surface area (Å²) in [5.41, 5.74) is 2.88. The molecule has 2 N–H and O–H groups in total. The maximum atomic E-state index is 12.9. The van der Waals surface area contributed by atoms with E-state index in [0.29, 0.717) is 11.3 Å². The molecule has 0 spiro atoms. The maximum Gasteiger partial charge on any atom is 0.193 e. The third kappa shape index (κ3) is 3.19. The first-order valence-corrected chi connectivity index (χ1v) is 9.66. The fraction of sp³-hybridized carbons (Fsp3) is 0.292. The summed E-state index contributed by atoms with van der Waals surface area (Å²) >= 11 is 0. The highest BCUT2D eigenvalue weighted by Crippen LogP contribution is 2.52. The number of phenolic OH excluding ortho intramolecular Hbond substituents is 2. The first kappa shape index (κ1) is 18.4. The topological polar surface area (TPSA) is 66.8 Å². The van der Waals surface area contributed by atoms with E-state index in [9.17, 15) is 15.0 Å². The van der Waals surface area contributed by atoms with Crippen LogP contribution in [-0.2, 0) is 0 Å². The summed E-state index contributed by atoms with van der Waals surface area (Å²) in [6, 6.07) is 10.8. The number of allylic oxidation sites excluding steroid dienone is 3. The molecule has 3 unspecified atom stereocenters. The molecule has 4 nitrogen and oxygen atoms in total. The molecule has 2 aliphatic rings. The van der Waals surface area contributed by atoms with Crippen molar-refractivity contribution in [3.05, 3.63) is 70.8 Å². The molecule has 0 bridgehead atoms. The minimum absolute atomic E-state index is 0.0160. The summed E-state index contributed by atoms with van der Waals surface area (Å²) in [4.78, 5) is 12.9. The van der Waals surface area contributed by atoms with Crippen LogP contribution in [0.1, 0.15) is 54.1 Å². The molecular formula is C24H24O4. The van der Waals surface area contributed by atoms with E-state index in [2.05, 4.69) is 13.0 Å². The Morgan fingerprint density at radius 3 is 2.68 bits per heavy atom. The van der Waals surface area contributed by atoms with Crippen LogP contribution < -0.4 is 4.74 Å². The average Bonchev–Trinajstić information content (AvgIpc) is 2.66. The van der Waals surface area contributed by atoms with E-state index in [1.54, 1.807) is 6.08 Å². The summed E-state index contributed by atoms with van der Waals surface area (Å²) in [7, 11) is 0. The third-order valence-corrected chi connectivity index (χ3v) is 5.79. The predicted octanol–water partition coefficient (Wildman–Crippen LogP) is 5.21. The molecule has 0 fully saturated rings. The highest BCUT2D eigenvalue weighted by Gasteiger charge is 2.41. The van der Waals surface area contributed by atoms with Crippen LogP contribution in [0, 0.1) is 5.92 Å². The van der Waals surface area contributed by atoms with Crippen molar-refractivity contribution in [3.8, 4) is 17.2 Å².